The van der Waals surface area contributed by atoms with E-state index in [1.807, 2.05) is 12.1 Å². The standard InChI is InChI=1S/C12H9N3O2S/c13-6-5-8-1-3-9(4-2-8)15-11-10(12(16)17)14-7-18-11/h1-4,7,15H,5H2,(H,16,17). The monoisotopic (exact) mass is 259 g/mol. The lowest BCUT2D eigenvalue weighted by molar-refractivity contribution is 0.0692. The summed E-state index contributed by atoms with van der Waals surface area (Å²) >= 11 is 1.23. The van der Waals surface area contributed by atoms with Gasteiger partial charge in [-0.25, -0.2) is 9.78 Å². The van der Waals surface area contributed by atoms with Crippen LogP contribution in [0.15, 0.2) is 29.8 Å². The molecule has 1 aromatic carbocycles. The van der Waals surface area contributed by atoms with Crippen molar-refractivity contribution in [1.82, 2.24) is 4.98 Å². The molecule has 0 bridgehead atoms. The van der Waals surface area contributed by atoms with Gasteiger partial charge in [-0.05, 0) is 17.7 Å². The smallest absolute Gasteiger partial charge is 0.357 e. The van der Waals surface area contributed by atoms with Gasteiger partial charge >= 0.3 is 5.97 Å². The Labute approximate surface area is 107 Å². The molecular formula is C12H9N3O2S. The molecule has 0 saturated carbocycles. The molecule has 0 spiro atoms. The fourth-order valence-electron chi connectivity index (χ4n) is 1.42. The first kappa shape index (κ1) is 12.1. The summed E-state index contributed by atoms with van der Waals surface area (Å²) in [6.45, 7) is 0. The molecule has 0 amide bonds. The number of nitriles is 1. The highest BCUT2D eigenvalue weighted by atomic mass is 32.1. The molecule has 2 N–H and O–H groups in total. The normalized spacial score (nSPS) is 9.72. The fraction of sp³-hybridized carbons (Fsp3) is 0.0833. The number of carboxylic acids is 1. The van der Waals surface area contributed by atoms with Crippen LogP contribution in [0.25, 0.3) is 0 Å². The molecule has 0 fully saturated rings. The molecule has 0 aliphatic rings. The van der Waals surface area contributed by atoms with E-state index >= 15 is 0 Å². The van der Waals surface area contributed by atoms with Crippen molar-refractivity contribution in [3.8, 4) is 6.07 Å². The van der Waals surface area contributed by atoms with Crippen molar-refractivity contribution in [1.29, 1.82) is 5.26 Å². The molecule has 90 valence electrons. The Balaban J connectivity index is 2.16. The van der Waals surface area contributed by atoms with Gasteiger partial charge in [0.25, 0.3) is 0 Å². The average Bonchev–Trinajstić information content (AvgIpc) is 2.80. The zero-order valence-corrected chi connectivity index (χ0v) is 10.1. The Hall–Kier alpha value is -2.39. The second-order valence-electron chi connectivity index (χ2n) is 3.49. The third kappa shape index (κ3) is 2.64. The maximum atomic E-state index is 10.9. The van der Waals surface area contributed by atoms with Crippen LogP contribution in [-0.4, -0.2) is 16.1 Å². The number of aromatic carboxylic acids is 1. The van der Waals surface area contributed by atoms with Crippen LogP contribution in [0.4, 0.5) is 10.7 Å². The van der Waals surface area contributed by atoms with Crippen LogP contribution in [0, 0.1) is 11.3 Å². The summed E-state index contributed by atoms with van der Waals surface area (Å²) in [6.07, 6.45) is 0.362. The minimum atomic E-state index is -1.06. The molecule has 1 aromatic heterocycles. The van der Waals surface area contributed by atoms with Crippen LogP contribution < -0.4 is 5.32 Å². The van der Waals surface area contributed by atoms with E-state index in [4.69, 9.17) is 10.4 Å². The molecular weight excluding hydrogens is 250 g/mol. The van der Waals surface area contributed by atoms with E-state index in [-0.39, 0.29) is 5.69 Å². The summed E-state index contributed by atoms with van der Waals surface area (Å²) in [7, 11) is 0. The molecule has 0 aliphatic carbocycles. The minimum absolute atomic E-state index is 0.0149. The number of nitrogens with zero attached hydrogens (tertiary/aromatic N) is 2. The van der Waals surface area contributed by atoms with Crippen LogP contribution in [0.1, 0.15) is 16.1 Å². The second kappa shape index (κ2) is 5.29. The molecule has 2 aromatic rings. The number of hydrogen-bond donors (Lipinski definition) is 2. The topological polar surface area (TPSA) is 86.0 Å². The molecule has 5 nitrogen and oxygen atoms in total. The quantitative estimate of drug-likeness (QED) is 0.881. The minimum Gasteiger partial charge on any atom is -0.476 e. The molecule has 18 heavy (non-hydrogen) atoms. The van der Waals surface area contributed by atoms with Crippen molar-refractivity contribution in [3.05, 3.63) is 41.0 Å². The van der Waals surface area contributed by atoms with E-state index in [0.717, 1.165) is 11.3 Å². The van der Waals surface area contributed by atoms with Crippen LogP contribution in [0.2, 0.25) is 0 Å². The van der Waals surface area contributed by atoms with Gasteiger partial charge in [-0.3, -0.25) is 0 Å². The van der Waals surface area contributed by atoms with Crippen LogP contribution >= 0.6 is 11.3 Å². The van der Waals surface area contributed by atoms with Gasteiger partial charge in [0.05, 0.1) is 18.0 Å². The first-order valence-corrected chi connectivity index (χ1v) is 5.98. The van der Waals surface area contributed by atoms with Gasteiger partial charge in [0.2, 0.25) is 0 Å². The first-order chi connectivity index (χ1) is 8.70. The van der Waals surface area contributed by atoms with Crippen LogP contribution in [-0.2, 0) is 6.42 Å². The summed E-state index contributed by atoms with van der Waals surface area (Å²) in [5.41, 5.74) is 3.19. The molecule has 0 radical (unpaired) electrons. The highest BCUT2D eigenvalue weighted by molar-refractivity contribution is 7.14. The molecule has 1 heterocycles. The average molecular weight is 259 g/mol. The maximum absolute atomic E-state index is 10.9. The molecule has 0 aliphatic heterocycles. The van der Waals surface area contributed by atoms with Crippen molar-refractivity contribution in [2.45, 2.75) is 6.42 Å². The Morgan fingerprint density at radius 3 is 2.78 bits per heavy atom. The number of benzene rings is 1. The van der Waals surface area contributed by atoms with Gasteiger partial charge in [-0.15, -0.1) is 11.3 Å². The molecule has 0 saturated heterocycles. The Bertz CT molecular complexity index is 599. The summed E-state index contributed by atoms with van der Waals surface area (Å²) in [4.78, 5) is 14.7. The van der Waals surface area contributed by atoms with Crippen LogP contribution in [0.3, 0.4) is 0 Å². The Morgan fingerprint density at radius 1 is 1.44 bits per heavy atom. The third-order valence-electron chi connectivity index (χ3n) is 2.26. The highest BCUT2D eigenvalue weighted by Crippen LogP contribution is 2.25. The number of anilines is 2. The zero-order valence-electron chi connectivity index (χ0n) is 9.25. The van der Waals surface area contributed by atoms with E-state index < -0.39 is 5.97 Å². The summed E-state index contributed by atoms with van der Waals surface area (Å²) < 4.78 is 0. The number of nitrogens with one attached hydrogen (secondary N) is 1. The number of carboxylic acid groups (broad SMARTS) is 1. The summed E-state index contributed by atoms with van der Waals surface area (Å²) in [5, 5.41) is 21.0. The van der Waals surface area contributed by atoms with Crippen LogP contribution in [0.5, 0.6) is 0 Å². The molecule has 0 unspecified atom stereocenters. The van der Waals surface area contributed by atoms with E-state index in [0.29, 0.717) is 11.4 Å². The van der Waals surface area contributed by atoms with Crippen molar-refractivity contribution < 1.29 is 9.90 Å². The lowest BCUT2D eigenvalue weighted by Gasteiger charge is -2.04. The molecule has 0 atom stereocenters. The largest absolute Gasteiger partial charge is 0.476 e. The van der Waals surface area contributed by atoms with E-state index in [1.54, 1.807) is 12.1 Å². The first-order valence-electron chi connectivity index (χ1n) is 5.10. The van der Waals surface area contributed by atoms with E-state index in [1.165, 1.54) is 16.8 Å². The van der Waals surface area contributed by atoms with Crippen molar-refractivity contribution >= 4 is 28.0 Å². The fourth-order valence-corrected chi connectivity index (χ4v) is 2.11. The summed E-state index contributed by atoms with van der Waals surface area (Å²) in [5.74, 6) is -1.06. The predicted molar refractivity (Wildman–Crippen MR) is 68.1 cm³/mol. The lowest BCUT2D eigenvalue weighted by atomic mass is 10.1. The van der Waals surface area contributed by atoms with Gasteiger partial charge in [0, 0.05) is 5.69 Å². The van der Waals surface area contributed by atoms with Crippen molar-refractivity contribution in [2.75, 3.05) is 5.32 Å². The van der Waals surface area contributed by atoms with Gasteiger partial charge in [0.15, 0.2) is 5.69 Å². The molecule has 6 heteroatoms. The number of hydrogen-bond acceptors (Lipinski definition) is 5. The Morgan fingerprint density at radius 2 is 2.17 bits per heavy atom. The third-order valence-corrected chi connectivity index (χ3v) is 3.01. The number of aromatic nitrogens is 1. The van der Waals surface area contributed by atoms with E-state index in [9.17, 15) is 4.79 Å². The van der Waals surface area contributed by atoms with Gasteiger partial charge in [-0.2, -0.15) is 5.26 Å². The number of carbonyl (C=O) groups is 1. The highest BCUT2D eigenvalue weighted by Gasteiger charge is 2.13. The second-order valence-corrected chi connectivity index (χ2v) is 4.35. The van der Waals surface area contributed by atoms with Crippen molar-refractivity contribution in [2.24, 2.45) is 0 Å². The SMILES string of the molecule is N#CCc1ccc(Nc2scnc2C(=O)O)cc1. The number of thiazole rings is 1. The van der Waals surface area contributed by atoms with Crippen molar-refractivity contribution in [3.63, 3.8) is 0 Å². The van der Waals surface area contributed by atoms with Gasteiger partial charge in [0.1, 0.15) is 5.00 Å². The lowest BCUT2D eigenvalue weighted by Crippen LogP contribution is -2.01. The summed E-state index contributed by atoms with van der Waals surface area (Å²) in [6, 6.07) is 9.33. The molecule has 2 rings (SSSR count). The maximum Gasteiger partial charge on any atom is 0.357 e. The van der Waals surface area contributed by atoms with Gasteiger partial charge in [-0.1, -0.05) is 12.1 Å². The predicted octanol–water partition coefficient (Wildman–Crippen LogP) is 2.65. The number of rotatable bonds is 4. The zero-order chi connectivity index (χ0) is 13.0. The van der Waals surface area contributed by atoms with E-state index in [2.05, 4.69) is 16.4 Å². The Kier molecular flexibility index (Phi) is 3.55. The van der Waals surface area contributed by atoms with Gasteiger partial charge < -0.3 is 10.4 Å².